The van der Waals surface area contributed by atoms with Crippen molar-refractivity contribution >= 4 is 17.6 Å². The summed E-state index contributed by atoms with van der Waals surface area (Å²) < 4.78 is 0. The SMILES string of the molecule is CCCNC(=O)CNC(C)c1ccc(NC(N)=O)cc1. The third-order valence-corrected chi connectivity index (χ3v) is 2.82. The van der Waals surface area contributed by atoms with Gasteiger partial charge in [0.05, 0.1) is 6.54 Å². The summed E-state index contributed by atoms with van der Waals surface area (Å²) in [6, 6.07) is 6.77. The van der Waals surface area contributed by atoms with Crippen LogP contribution in [0.5, 0.6) is 0 Å². The molecule has 1 unspecified atom stereocenters. The van der Waals surface area contributed by atoms with E-state index in [1.807, 2.05) is 26.0 Å². The lowest BCUT2D eigenvalue weighted by atomic mass is 10.1. The van der Waals surface area contributed by atoms with E-state index in [1.165, 1.54) is 0 Å². The Bertz CT molecular complexity index is 445. The van der Waals surface area contributed by atoms with Crippen LogP contribution in [-0.4, -0.2) is 25.0 Å². The molecule has 0 heterocycles. The quantitative estimate of drug-likeness (QED) is 0.606. The van der Waals surface area contributed by atoms with Gasteiger partial charge in [0, 0.05) is 18.3 Å². The number of nitrogens with two attached hydrogens (primary N) is 1. The Morgan fingerprint density at radius 2 is 1.90 bits per heavy atom. The maximum atomic E-state index is 11.5. The van der Waals surface area contributed by atoms with Gasteiger partial charge in [-0.15, -0.1) is 0 Å². The Hall–Kier alpha value is -2.08. The van der Waals surface area contributed by atoms with E-state index >= 15 is 0 Å². The maximum absolute atomic E-state index is 11.5. The average Bonchev–Trinajstić information content (AvgIpc) is 2.42. The maximum Gasteiger partial charge on any atom is 0.316 e. The molecule has 0 saturated heterocycles. The van der Waals surface area contributed by atoms with Gasteiger partial charge in [0.15, 0.2) is 0 Å². The topological polar surface area (TPSA) is 96.2 Å². The lowest BCUT2D eigenvalue weighted by Crippen LogP contribution is -2.35. The molecule has 6 heteroatoms. The first-order chi connectivity index (χ1) is 9.52. The summed E-state index contributed by atoms with van der Waals surface area (Å²) in [5, 5.41) is 8.45. The lowest BCUT2D eigenvalue weighted by molar-refractivity contribution is -0.120. The Morgan fingerprint density at radius 1 is 1.25 bits per heavy atom. The summed E-state index contributed by atoms with van der Waals surface area (Å²) in [7, 11) is 0. The molecule has 6 nitrogen and oxygen atoms in total. The molecule has 0 bridgehead atoms. The van der Waals surface area contributed by atoms with Crippen molar-refractivity contribution in [2.45, 2.75) is 26.3 Å². The normalized spacial score (nSPS) is 11.7. The fraction of sp³-hybridized carbons (Fsp3) is 0.429. The number of nitrogens with one attached hydrogen (secondary N) is 3. The van der Waals surface area contributed by atoms with E-state index in [2.05, 4.69) is 16.0 Å². The second-order valence-electron chi connectivity index (χ2n) is 4.56. The number of benzene rings is 1. The van der Waals surface area contributed by atoms with Crippen molar-refractivity contribution in [1.29, 1.82) is 0 Å². The highest BCUT2D eigenvalue weighted by Crippen LogP contribution is 2.15. The van der Waals surface area contributed by atoms with Gasteiger partial charge in [0.2, 0.25) is 5.91 Å². The van der Waals surface area contributed by atoms with Crippen LogP contribution in [0.25, 0.3) is 0 Å². The van der Waals surface area contributed by atoms with Crippen LogP contribution in [0.4, 0.5) is 10.5 Å². The predicted octanol–water partition coefficient (Wildman–Crippen LogP) is 1.35. The van der Waals surface area contributed by atoms with E-state index in [0.717, 1.165) is 12.0 Å². The molecule has 0 aliphatic rings. The summed E-state index contributed by atoms with van der Waals surface area (Å²) in [5.41, 5.74) is 6.71. The zero-order valence-electron chi connectivity index (χ0n) is 11.9. The summed E-state index contributed by atoms with van der Waals surface area (Å²) in [5.74, 6) is -0.00860. The van der Waals surface area contributed by atoms with E-state index in [0.29, 0.717) is 12.2 Å². The van der Waals surface area contributed by atoms with Crippen LogP contribution >= 0.6 is 0 Å². The number of rotatable bonds is 7. The predicted molar refractivity (Wildman–Crippen MR) is 79.4 cm³/mol. The van der Waals surface area contributed by atoms with Gasteiger partial charge < -0.3 is 21.7 Å². The van der Waals surface area contributed by atoms with Gasteiger partial charge in [0.1, 0.15) is 0 Å². The van der Waals surface area contributed by atoms with Crippen molar-refractivity contribution in [3.05, 3.63) is 29.8 Å². The molecule has 0 aliphatic heterocycles. The highest BCUT2D eigenvalue weighted by atomic mass is 16.2. The minimum atomic E-state index is -0.587. The van der Waals surface area contributed by atoms with Gasteiger partial charge in [-0.2, -0.15) is 0 Å². The molecule has 3 amide bonds. The van der Waals surface area contributed by atoms with E-state index in [4.69, 9.17) is 5.73 Å². The Kier molecular flexibility index (Phi) is 6.52. The zero-order valence-corrected chi connectivity index (χ0v) is 11.9. The van der Waals surface area contributed by atoms with Gasteiger partial charge in [0.25, 0.3) is 0 Å². The van der Waals surface area contributed by atoms with E-state index in [-0.39, 0.29) is 18.5 Å². The minimum absolute atomic E-state index is 0.00860. The number of primary amides is 1. The highest BCUT2D eigenvalue weighted by Gasteiger charge is 2.07. The second kappa shape index (κ2) is 8.16. The van der Waals surface area contributed by atoms with Crippen LogP contribution in [-0.2, 0) is 4.79 Å². The van der Waals surface area contributed by atoms with E-state index < -0.39 is 6.03 Å². The van der Waals surface area contributed by atoms with Crippen LogP contribution in [0.1, 0.15) is 31.9 Å². The van der Waals surface area contributed by atoms with Crippen molar-refractivity contribution in [2.75, 3.05) is 18.4 Å². The zero-order chi connectivity index (χ0) is 15.0. The van der Waals surface area contributed by atoms with Gasteiger partial charge >= 0.3 is 6.03 Å². The number of hydrogen-bond acceptors (Lipinski definition) is 3. The third-order valence-electron chi connectivity index (χ3n) is 2.82. The number of hydrogen-bond donors (Lipinski definition) is 4. The monoisotopic (exact) mass is 278 g/mol. The van der Waals surface area contributed by atoms with Gasteiger partial charge in [-0.1, -0.05) is 19.1 Å². The summed E-state index contributed by atoms with van der Waals surface area (Å²) >= 11 is 0. The number of amides is 3. The number of urea groups is 1. The van der Waals surface area contributed by atoms with Crippen molar-refractivity contribution in [3.8, 4) is 0 Å². The van der Waals surface area contributed by atoms with Crippen LogP contribution in [0.2, 0.25) is 0 Å². The van der Waals surface area contributed by atoms with Crippen LogP contribution < -0.4 is 21.7 Å². The molecule has 0 saturated carbocycles. The first-order valence-corrected chi connectivity index (χ1v) is 6.69. The molecule has 1 aromatic carbocycles. The first-order valence-electron chi connectivity index (χ1n) is 6.69. The molecule has 0 fully saturated rings. The van der Waals surface area contributed by atoms with Crippen molar-refractivity contribution in [2.24, 2.45) is 5.73 Å². The number of carbonyl (C=O) groups excluding carboxylic acids is 2. The van der Waals surface area contributed by atoms with Crippen molar-refractivity contribution < 1.29 is 9.59 Å². The summed E-state index contributed by atoms with van der Waals surface area (Å²) in [6.07, 6.45) is 0.926. The highest BCUT2D eigenvalue weighted by molar-refractivity contribution is 5.87. The fourth-order valence-electron chi connectivity index (χ4n) is 1.69. The largest absolute Gasteiger partial charge is 0.355 e. The first kappa shape index (κ1) is 16.0. The second-order valence-corrected chi connectivity index (χ2v) is 4.56. The molecular formula is C14H22N4O2. The third kappa shape index (κ3) is 5.71. The Morgan fingerprint density at radius 3 is 2.45 bits per heavy atom. The molecule has 1 atom stereocenters. The summed E-state index contributed by atoms with van der Waals surface area (Å²) in [4.78, 5) is 22.2. The Balaban J connectivity index is 2.45. The molecule has 0 radical (unpaired) electrons. The molecule has 5 N–H and O–H groups in total. The minimum Gasteiger partial charge on any atom is -0.355 e. The van der Waals surface area contributed by atoms with Gasteiger partial charge in [-0.25, -0.2) is 4.79 Å². The van der Waals surface area contributed by atoms with Gasteiger partial charge in [-0.3, -0.25) is 4.79 Å². The summed E-state index contributed by atoms with van der Waals surface area (Å²) in [6.45, 7) is 4.96. The van der Waals surface area contributed by atoms with Crippen molar-refractivity contribution in [3.63, 3.8) is 0 Å². The smallest absolute Gasteiger partial charge is 0.316 e. The van der Waals surface area contributed by atoms with Crippen LogP contribution in [0.3, 0.4) is 0 Å². The van der Waals surface area contributed by atoms with Crippen LogP contribution in [0.15, 0.2) is 24.3 Å². The molecule has 110 valence electrons. The molecule has 1 rings (SSSR count). The number of anilines is 1. The fourth-order valence-corrected chi connectivity index (χ4v) is 1.69. The lowest BCUT2D eigenvalue weighted by Gasteiger charge is -2.14. The van der Waals surface area contributed by atoms with E-state index in [1.54, 1.807) is 12.1 Å². The van der Waals surface area contributed by atoms with E-state index in [9.17, 15) is 9.59 Å². The number of carbonyl (C=O) groups is 2. The van der Waals surface area contributed by atoms with Crippen LogP contribution in [0, 0.1) is 0 Å². The molecule has 0 aliphatic carbocycles. The van der Waals surface area contributed by atoms with Gasteiger partial charge in [-0.05, 0) is 31.0 Å². The molecule has 0 aromatic heterocycles. The molecular weight excluding hydrogens is 256 g/mol. The Labute approximate surface area is 119 Å². The molecule has 20 heavy (non-hydrogen) atoms. The standard InChI is InChI=1S/C14H22N4O2/c1-3-8-16-13(19)9-17-10(2)11-4-6-12(7-5-11)18-14(15)20/h4-7,10,17H,3,8-9H2,1-2H3,(H,16,19)(H3,15,18,20). The van der Waals surface area contributed by atoms with Crippen molar-refractivity contribution in [1.82, 2.24) is 10.6 Å². The molecule has 1 aromatic rings. The molecule has 0 spiro atoms. The average molecular weight is 278 g/mol.